The first-order valence-corrected chi connectivity index (χ1v) is 10.2. The maximum Gasteiger partial charge on any atom is 0.246 e. The van der Waals surface area contributed by atoms with Crippen LogP contribution in [-0.2, 0) is 21.2 Å². The van der Waals surface area contributed by atoms with Crippen LogP contribution in [0, 0.1) is 19.7 Å². The molecule has 7 nitrogen and oxygen atoms in total. The molecule has 1 aliphatic heterocycles. The van der Waals surface area contributed by atoms with Crippen molar-refractivity contribution in [2.45, 2.75) is 44.0 Å². The summed E-state index contributed by atoms with van der Waals surface area (Å²) in [5, 5.41) is 3.64. The molecule has 1 N–H and O–H groups in total. The van der Waals surface area contributed by atoms with Crippen molar-refractivity contribution < 1.29 is 22.1 Å². The monoisotopic (exact) mass is 395 g/mol. The SMILES string of the molecule is Cc1noc(C)c1S(=O)(=O)NCC(=O)N1CCCC1Cc1ccc(F)cc1. The zero-order chi connectivity index (χ0) is 19.6. The third kappa shape index (κ3) is 4.36. The summed E-state index contributed by atoms with van der Waals surface area (Å²) in [5.41, 5.74) is 1.19. The summed E-state index contributed by atoms with van der Waals surface area (Å²) in [6.45, 7) is 3.30. The molecule has 27 heavy (non-hydrogen) atoms. The van der Waals surface area contributed by atoms with Crippen molar-refractivity contribution >= 4 is 15.9 Å². The van der Waals surface area contributed by atoms with Crippen molar-refractivity contribution in [3.63, 3.8) is 0 Å². The molecule has 0 spiro atoms. The molecule has 1 saturated heterocycles. The molecule has 3 rings (SSSR count). The van der Waals surface area contributed by atoms with E-state index in [9.17, 15) is 17.6 Å². The third-order valence-electron chi connectivity index (χ3n) is 4.73. The summed E-state index contributed by atoms with van der Waals surface area (Å²) in [6, 6.07) is 6.18. The maximum atomic E-state index is 13.0. The number of aryl methyl sites for hydroxylation is 2. The molecule has 0 radical (unpaired) electrons. The number of amides is 1. The lowest BCUT2D eigenvalue weighted by molar-refractivity contribution is -0.130. The average Bonchev–Trinajstić information content (AvgIpc) is 3.21. The lowest BCUT2D eigenvalue weighted by atomic mass is 10.0. The number of halogens is 1. The lowest BCUT2D eigenvalue weighted by Gasteiger charge is -2.25. The highest BCUT2D eigenvalue weighted by molar-refractivity contribution is 7.89. The van der Waals surface area contributed by atoms with Gasteiger partial charge in [0.2, 0.25) is 15.9 Å². The number of nitrogens with one attached hydrogen (secondary N) is 1. The molecule has 0 saturated carbocycles. The molecule has 2 heterocycles. The van der Waals surface area contributed by atoms with Crippen LogP contribution in [-0.4, -0.2) is 43.5 Å². The lowest BCUT2D eigenvalue weighted by Crippen LogP contribution is -2.43. The number of rotatable bonds is 6. The first-order valence-electron chi connectivity index (χ1n) is 8.74. The predicted octanol–water partition coefficient (Wildman–Crippen LogP) is 1.94. The van der Waals surface area contributed by atoms with Crippen LogP contribution in [0.2, 0.25) is 0 Å². The Bertz CT molecular complexity index is 905. The molecule has 1 unspecified atom stereocenters. The molecule has 9 heteroatoms. The van der Waals surface area contributed by atoms with Gasteiger partial charge >= 0.3 is 0 Å². The molecule has 1 amide bonds. The first kappa shape index (κ1) is 19.5. The minimum absolute atomic E-state index is 0.0217. The second kappa shape index (κ2) is 7.77. The predicted molar refractivity (Wildman–Crippen MR) is 96.0 cm³/mol. The van der Waals surface area contributed by atoms with Gasteiger partial charge in [-0.1, -0.05) is 17.3 Å². The zero-order valence-electron chi connectivity index (χ0n) is 15.2. The molecular weight excluding hydrogens is 373 g/mol. The normalized spacial score (nSPS) is 17.4. The van der Waals surface area contributed by atoms with Gasteiger partial charge in [0, 0.05) is 12.6 Å². The zero-order valence-corrected chi connectivity index (χ0v) is 16.1. The van der Waals surface area contributed by atoms with E-state index in [1.807, 2.05) is 0 Å². The summed E-state index contributed by atoms with van der Waals surface area (Å²) in [7, 11) is -3.88. The largest absolute Gasteiger partial charge is 0.360 e. The van der Waals surface area contributed by atoms with Crippen LogP contribution in [0.4, 0.5) is 4.39 Å². The minimum atomic E-state index is -3.88. The van der Waals surface area contributed by atoms with Crippen molar-refractivity contribution in [1.29, 1.82) is 0 Å². The number of carbonyl (C=O) groups excluding carboxylic acids is 1. The summed E-state index contributed by atoms with van der Waals surface area (Å²) in [4.78, 5) is 14.3. The number of aromatic nitrogens is 1. The number of nitrogens with zero attached hydrogens (tertiary/aromatic N) is 2. The van der Waals surface area contributed by atoms with Crippen LogP contribution in [0.5, 0.6) is 0 Å². The van der Waals surface area contributed by atoms with Gasteiger partial charge in [-0.25, -0.2) is 17.5 Å². The average molecular weight is 395 g/mol. The highest BCUT2D eigenvalue weighted by atomic mass is 32.2. The fraction of sp³-hybridized carbons (Fsp3) is 0.444. The van der Waals surface area contributed by atoms with Crippen LogP contribution >= 0.6 is 0 Å². The minimum Gasteiger partial charge on any atom is -0.360 e. The summed E-state index contributed by atoms with van der Waals surface area (Å²) >= 11 is 0. The fourth-order valence-electron chi connectivity index (χ4n) is 3.46. The highest BCUT2D eigenvalue weighted by Crippen LogP contribution is 2.22. The topological polar surface area (TPSA) is 92.5 Å². The number of carbonyl (C=O) groups is 1. The second-order valence-electron chi connectivity index (χ2n) is 6.69. The van der Waals surface area contributed by atoms with Gasteiger partial charge < -0.3 is 9.42 Å². The molecular formula is C18H22FN3O4S. The molecule has 1 fully saturated rings. The second-order valence-corrected chi connectivity index (χ2v) is 8.40. The number of likely N-dealkylation sites (tertiary alicyclic amines) is 1. The van der Waals surface area contributed by atoms with E-state index in [2.05, 4.69) is 9.88 Å². The Labute approximate surface area is 157 Å². The van der Waals surface area contributed by atoms with E-state index in [1.54, 1.807) is 17.0 Å². The van der Waals surface area contributed by atoms with E-state index in [0.29, 0.717) is 13.0 Å². The van der Waals surface area contributed by atoms with E-state index < -0.39 is 10.0 Å². The van der Waals surface area contributed by atoms with Gasteiger partial charge in [-0.05, 0) is 50.8 Å². The standard InChI is InChI=1S/C18H22FN3O4S/c1-12-18(13(2)26-21-12)27(24,25)20-11-17(23)22-9-3-4-16(22)10-14-5-7-15(19)8-6-14/h5-8,16,20H,3-4,9-11H2,1-2H3. The van der Waals surface area contributed by atoms with Gasteiger partial charge in [0.15, 0.2) is 5.76 Å². The van der Waals surface area contributed by atoms with E-state index in [-0.39, 0.29) is 40.7 Å². The maximum absolute atomic E-state index is 13.0. The van der Waals surface area contributed by atoms with Gasteiger partial charge in [0.25, 0.3) is 0 Å². The molecule has 0 bridgehead atoms. The van der Waals surface area contributed by atoms with Gasteiger partial charge in [0.1, 0.15) is 16.4 Å². The number of sulfonamides is 1. The Hall–Kier alpha value is -2.26. The quantitative estimate of drug-likeness (QED) is 0.807. The van der Waals surface area contributed by atoms with E-state index in [1.165, 1.54) is 26.0 Å². The third-order valence-corrected chi connectivity index (χ3v) is 6.38. The van der Waals surface area contributed by atoms with Crippen molar-refractivity contribution in [2.24, 2.45) is 0 Å². The van der Waals surface area contributed by atoms with Crippen LogP contribution in [0.15, 0.2) is 33.7 Å². The Kier molecular flexibility index (Phi) is 5.61. The number of hydrogen-bond acceptors (Lipinski definition) is 5. The number of benzene rings is 1. The molecule has 1 aromatic carbocycles. The molecule has 146 valence electrons. The Morgan fingerprint density at radius 2 is 2.04 bits per heavy atom. The summed E-state index contributed by atoms with van der Waals surface area (Å²) in [6.07, 6.45) is 2.30. The number of hydrogen-bond donors (Lipinski definition) is 1. The van der Waals surface area contributed by atoms with Gasteiger partial charge in [0.05, 0.1) is 6.54 Å². The van der Waals surface area contributed by atoms with Crippen molar-refractivity contribution in [2.75, 3.05) is 13.1 Å². The van der Waals surface area contributed by atoms with Crippen molar-refractivity contribution in [3.8, 4) is 0 Å². The summed E-state index contributed by atoms with van der Waals surface area (Å²) in [5.74, 6) is -0.399. The molecule has 2 aromatic rings. The van der Waals surface area contributed by atoms with Crippen molar-refractivity contribution in [1.82, 2.24) is 14.8 Å². The van der Waals surface area contributed by atoms with Gasteiger partial charge in [-0.15, -0.1) is 0 Å². The Morgan fingerprint density at radius 3 is 2.67 bits per heavy atom. The molecule has 0 aliphatic carbocycles. The first-order chi connectivity index (χ1) is 12.8. The van der Waals surface area contributed by atoms with Gasteiger partial charge in [-0.2, -0.15) is 0 Å². The molecule has 1 aliphatic rings. The van der Waals surface area contributed by atoms with Crippen LogP contribution in [0.25, 0.3) is 0 Å². The van der Waals surface area contributed by atoms with E-state index >= 15 is 0 Å². The van der Waals surface area contributed by atoms with Crippen LogP contribution in [0.1, 0.15) is 29.9 Å². The van der Waals surface area contributed by atoms with E-state index in [0.717, 1.165) is 18.4 Å². The Balaban J connectivity index is 1.64. The molecule has 1 atom stereocenters. The Morgan fingerprint density at radius 1 is 1.33 bits per heavy atom. The molecule has 1 aromatic heterocycles. The van der Waals surface area contributed by atoms with Crippen LogP contribution in [0.3, 0.4) is 0 Å². The summed E-state index contributed by atoms with van der Waals surface area (Å²) < 4.78 is 45.2. The highest BCUT2D eigenvalue weighted by Gasteiger charge is 2.30. The smallest absolute Gasteiger partial charge is 0.246 e. The van der Waals surface area contributed by atoms with E-state index in [4.69, 9.17) is 4.52 Å². The van der Waals surface area contributed by atoms with Crippen LogP contribution < -0.4 is 4.72 Å². The van der Waals surface area contributed by atoms with Gasteiger partial charge in [-0.3, -0.25) is 4.79 Å². The fourth-order valence-corrected chi connectivity index (χ4v) is 4.76. The van der Waals surface area contributed by atoms with Crippen molar-refractivity contribution in [3.05, 3.63) is 47.1 Å².